The number of aryl methyl sites for hydroxylation is 1. The quantitative estimate of drug-likeness (QED) is 0.758. The van der Waals surface area contributed by atoms with Gasteiger partial charge in [-0.25, -0.2) is 0 Å². The summed E-state index contributed by atoms with van der Waals surface area (Å²) in [5.74, 6) is 0. The van der Waals surface area contributed by atoms with Crippen LogP contribution in [0, 0.1) is 6.92 Å². The zero-order valence-electron chi connectivity index (χ0n) is 12.7. The maximum atomic E-state index is 9.23. The molecule has 0 fully saturated rings. The van der Waals surface area contributed by atoms with Crippen LogP contribution < -0.4 is 10.2 Å². The number of aliphatic hydroxyl groups excluding tert-OH is 1. The Balaban J connectivity index is 2.95. The molecule has 0 aliphatic heterocycles. The van der Waals surface area contributed by atoms with E-state index in [2.05, 4.69) is 56.1 Å². The molecule has 3 nitrogen and oxygen atoms in total. The number of benzene rings is 1. The molecule has 2 N–H and O–H groups in total. The zero-order chi connectivity index (χ0) is 14.3. The Morgan fingerprint density at radius 1 is 1.26 bits per heavy atom. The van der Waals surface area contributed by atoms with E-state index in [4.69, 9.17) is 0 Å². The Kier molecular flexibility index (Phi) is 6.89. The van der Waals surface area contributed by atoms with Gasteiger partial charge in [0.15, 0.2) is 0 Å². The first-order valence-electron chi connectivity index (χ1n) is 7.27. The third-order valence-electron chi connectivity index (χ3n) is 3.14. The van der Waals surface area contributed by atoms with Crippen LogP contribution in [0.5, 0.6) is 0 Å². The summed E-state index contributed by atoms with van der Waals surface area (Å²) in [6.07, 6.45) is 1.09. The lowest BCUT2D eigenvalue weighted by molar-refractivity contribution is 0.301. The Morgan fingerprint density at radius 2 is 2.00 bits per heavy atom. The van der Waals surface area contributed by atoms with Crippen molar-refractivity contribution in [2.24, 2.45) is 0 Å². The zero-order valence-corrected chi connectivity index (χ0v) is 12.7. The van der Waals surface area contributed by atoms with Crippen LogP contribution in [0.15, 0.2) is 18.2 Å². The molecule has 0 saturated heterocycles. The molecule has 0 aliphatic carbocycles. The van der Waals surface area contributed by atoms with E-state index in [-0.39, 0.29) is 6.61 Å². The molecule has 1 aromatic carbocycles. The topological polar surface area (TPSA) is 35.5 Å². The molecule has 0 bridgehead atoms. The van der Waals surface area contributed by atoms with E-state index >= 15 is 0 Å². The van der Waals surface area contributed by atoms with Gasteiger partial charge in [-0.1, -0.05) is 38.5 Å². The van der Waals surface area contributed by atoms with Gasteiger partial charge in [-0.05, 0) is 25.0 Å². The highest BCUT2D eigenvalue weighted by Crippen LogP contribution is 2.22. The standard InChI is InChI=1S/C16H28N2O/c1-5-8-18(9-10-19)16-7-6-14(4)11-15(16)12-17-13(2)3/h6-7,11,13,17,19H,5,8-10,12H2,1-4H3. The van der Waals surface area contributed by atoms with Crippen molar-refractivity contribution in [1.82, 2.24) is 5.32 Å². The maximum Gasteiger partial charge on any atom is 0.0606 e. The molecule has 3 heteroatoms. The molecule has 0 amide bonds. The van der Waals surface area contributed by atoms with Crippen LogP contribution in [0.1, 0.15) is 38.3 Å². The van der Waals surface area contributed by atoms with Gasteiger partial charge in [0.25, 0.3) is 0 Å². The van der Waals surface area contributed by atoms with Crippen LogP contribution in [0.3, 0.4) is 0 Å². The van der Waals surface area contributed by atoms with Gasteiger partial charge in [-0.15, -0.1) is 0 Å². The third-order valence-corrected chi connectivity index (χ3v) is 3.14. The van der Waals surface area contributed by atoms with Crippen molar-refractivity contribution in [2.75, 3.05) is 24.6 Å². The highest BCUT2D eigenvalue weighted by atomic mass is 16.3. The van der Waals surface area contributed by atoms with E-state index in [1.165, 1.54) is 16.8 Å². The lowest BCUT2D eigenvalue weighted by Gasteiger charge is -2.27. The largest absolute Gasteiger partial charge is 0.395 e. The minimum Gasteiger partial charge on any atom is -0.395 e. The summed E-state index contributed by atoms with van der Waals surface area (Å²) in [5.41, 5.74) is 3.84. The molecule has 0 spiro atoms. The van der Waals surface area contributed by atoms with Crippen molar-refractivity contribution in [1.29, 1.82) is 0 Å². The monoisotopic (exact) mass is 264 g/mol. The normalized spacial score (nSPS) is 11.1. The number of rotatable bonds is 8. The van der Waals surface area contributed by atoms with Gasteiger partial charge >= 0.3 is 0 Å². The third kappa shape index (κ3) is 5.21. The fourth-order valence-corrected chi connectivity index (χ4v) is 2.22. The fraction of sp³-hybridized carbons (Fsp3) is 0.625. The molecule has 0 unspecified atom stereocenters. The summed E-state index contributed by atoms with van der Waals surface area (Å²) < 4.78 is 0. The van der Waals surface area contributed by atoms with Gasteiger partial charge in [0, 0.05) is 31.4 Å². The lowest BCUT2D eigenvalue weighted by Crippen LogP contribution is -2.30. The average Bonchev–Trinajstić information content (AvgIpc) is 2.36. The molecule has 0 radical (unpaired) electrons. The van der Waals surface area contributed by atoms with Gasteiger partial charge < -0.3 is 15.3 Å². The molecule has 0 heterocycles. The van der Waals surface area contributed by atoms with Gasteiger partial charge in [0.1, 0.15) is 0 Å². The second-order valence-corrected chi connectivity index (χ2v) is 5.38. The predicted molar refractivity (Wildman–Crippen MR) is 82.7 cm³/mol. The van der Waals surface area contributed by atoms with E-state index in [0.29, 0.717) is 12.6 Å². The minimum absolute atomic E-state index is 0.199. The SMILES string of the molecule is CCCN(CCO)c1ccc(C)cc1CNC(C)C. The van der Waals surface area contributed by atoms with Gasteiger partial charge in [0.2, 0.25) is 0 Å². The first-order chi connectivity index (χ1) is 9.08. The average molecular weight is 264 g/mol. The van der Waals surface area contributed by atoms with Gasteiger partial charge in [-0.3, -0.25) is 0 Å². The first kappa shape index (κ1) is 16.0. The second-order valence-electron chi connectivity index (χ2n) is 5.38. The molecule has 0 aromatic heterocycles. The molecule has 0 saturated carbocycles. The van der Waals surface area contributed by atoms with Gasteiger partial charge in [-0.2, -0.15) is 0 Å². The molecule has 1 rings (SSSR count). The summed E-state index contributed by atoms with van der Waals surface area (Å²) in [5, 5.41) is 12.7. The van der Waals surface area contributed by atoms with Crippen LogP contribution in [0.4, 0.5) is 5.69 Å². The van der Waals surface area contributed by atoms with Crippen LogP contribution in [-0.4, -0.2) is 30.8 Å². The Bertz CT molecular complexity index is 371. The van der Waals surface area contributed by atoms with Crippen LogP contribution in [0.2, 0.25) is 0 Å². The lowest BCUT2D eigenvalue weighted by atomic mass is 10.1. The molecular formula is C16H28N2O. The van der Waals surface area contributed by atoms with Crippen LogP contribution in [-0.2, 0) is 6.54 Å². The molecule has 0 aliphatic rings. The second kappa shape index (κ2) is 8.18. The van der Waals surface area contributed by atoms with E-state index in [1.54, 1.807) is 0 Å². The summed E-state index contributed by atoms with van der Waals surface area (Å²) in [4.78, 5) is 2.27. The van der Waals surface area contributed by atoms with Crippen molar-refractivity contribution < 1.29 is 5.11 Å². The number of nitrogens with one attached hydrogen (secondary N) is 1. The van der Waals surface area contributed by atoms with Gasteiger partial charge in [0.05, 0.1) is 6.61 Å². The number of aliphatic hydroxyl groups is 1. The summed E-state index contributed by atoms with van der Waals surface area (Å²) >= 11 is 0. The number of anilines is 1. The molecule has 108 valence electrons. The van der Waals surface area contributed by atoms with Crippen LogP contribution >= 0.6 is 0 Å². The maximum absolute atomic E-state index is 9.23. The minimum atomic E-state index is 0.199. The molecule has 0 atom stereocenters. The van der Waals surface area contributed by atoms with E-state index < -0.39 is 0 Å². The summed E-state index contributed by atoms with van der Waals surface area (Å²) in [6.45, 7) is 11.4. The van der Waals surface area contributed by atoms with Crippen LogP contribution in [0.25, 0.3) is 0 Å². The van der Waals surface area contributed by atoms with Crippen molar-refractivity contribution in [3.8, 4) is 0 Å². The van der Waals surface area contributed by atoms with Crippen molar-refractivity contribution in [2.45, 2.75) is 46.7 Å². The summed E-state index contributed by atoms with van der Waals surface area (Å²) in [6, 6.07) is 7.04. The molecular weight excluding hydrogens is 236 g/mol. The highest BCUT2D eigenvalue weighted by Gasteiger charge is 2.10. The Labute approximate surface area is 117 Å². The number of nitrogens with zero attached hydrogens (tertiary/aromatic N) is 1. The van der Waals surface area contributed by atoms with Crippen molar-refractivity contribution >= 4 is 5.69 Å². The van der Waals surface area contributed by atoms with E-state index in [9.17, 15) is 5.11 Å². The smallest absolute Gasteiger partial charge is 0.0606 e. The summed E-state index contributed by atoms with van der Waals surface area (Å²) in [7, 11) is 0. The van der Waals surface area contributed by atoms with E-state index in [0.717, 1.165) is 19.5 Å². The first-order valence-corrected chi connectivity index (χ1v) is 7.27. The predicted octanol–water partition coefficient (Wildman–Crippen LogP) is 2.70. The highest BCUT2D eigenvalue weighted by molar-refractivity contribution is 5.55. The van der Waals surface area contributed by atoms with E-state index in [1.807, 2.05) is 0 Å². The van der Waals surface area contributed by atoms with Crippen molar-refractivity contribution in [3.63, 3.8) is 0 Å². The number of hydrogen-bond donors (Lipinski definition) is 2. The molecule has 19 heavy (non-hydrogen) atoms. The molecule has 1 aromatic rings. The fourth-order valence-electron chi connectivity index (χ4n) is 2.22. The Morgan fingerprint density at radius 3 is 2.58 bits per heavy atom. The van der Waals surface area contributed by atoms with Crippen molar-refractivity contribution in [3.05, 3.63) is 29.3 Å². The number of hydrogen-bond acceptors (Lipinski definition) is 3. The Hall–Kier alpha value is -1.06.